The first-order chi connectivity index (χ1) is 6.61. The second-order valence-corrected chi connectivity index (χ2v) is 4.72. The fourth-order valence-electron chi connectivity index (χ4n) is 1.76. The molecule has 0 aromatic heterocycles. The van der Waals surface area contributed by atoms with Gasteiger partial charge in [-0.15, -0.1) is 0 Å². The number of aliphatic hydroxyl groups is 1. The molecule has 0 bridgehead atoms. The van der Waals surface area contributed by atoms with E-state index in [-0.39, 0.29) is 12.0 Å². The van der Waals surface area contributed by atoms with Crippen LogP contribution in [0.3, 0.4) is 0 Å². The van der Waals surface area contributed by atoms with Crippen molar-refractivity contribution in [3.05, 3.63) is 0 Å². The summed E-state index contributed by atoms with van der Waals surface area (Å²) in [5, 5.41) is 9.34. The highest BCUT2D eigenvalue weighted by Crippen LogP contribution is 2.23. The number of hydrogen-bond donors (Lipinski definition) is 1. The Bertz CT molecular complexity index is 169. The minimum atomic E-state index is 0.0472. The van der Waals surface area contributed by atoms with E-state index >= 15 is 0 Å². The molecule has 1 rings (SSSR count). The van der Waals surface area contributed by atoms with Crippen molar-refractivity contribution < 1.29 is 9.84 Å². The standard InChI is InChI=1S/C11H23NO2/c1-4-11(3,9-13)8-12-5-6-14-7-10(12)2/h10,13H,4-9H2,1-3H3. The van der Waals surface area contributed by atoms with Gasteiger partial charge in [0.25, 0.3) is 0 Å². The van der Waals surface area contributed by atoms with Crippen LogP contribution in [0.4, 0.5) is 0 Å². The third-order valence-electron chi connectivity index (χ3n) is 3.33. The molecule has 1 saturated heterocycles. The molecule has 0 aromatic carbocycles. The van der Waals surface area contributed by atoms with E-state index in [4.69, 9.17) is 4.74 Å². The SMILES string of the molecule is CCC(C)(CO)CN1CCOCC1C. The second kappa shape index (κ2) is 5.10. The first kappa shape index (κ1) is 12.0. The number of hydrogen-bond acceptors (Lipinski definition) is 3. The van der Waals surface area contributed by atoms with Gasteiger partial charge in [0, 0.05) is 31.2 Å². The molecule has 1 N–H and O–H groups in total. The molecule has 2 unspecified atom stereocenters. The summed E-state index contributed by atoms with van der Waals surface area (Å²) in [7, 11) is 0. The van der Waals surface area contributed by atoms with Crippen LogP contribution in [-0.2, 0) is 4.74 Å². The normalized spacial score (nSPS) is 28.7. The molecule has 2 atom stereocenters. The maximum atomic E-state index is 9.34. The Morgan fingerprint density at radius 3 is 2.79 bits per heavy atom. The highest BCUT2D eigenvalue weighted by molar-refractivity contribution is 4.80. The predicted octanol–water partition coefficient (Wildman–Crippen LogP) is 1.12. The molecule has 1 aliphatic rings. The summed E-state index contributed by atoms with van der Waals surface area (Å²) >= 11 is 0. The van der Waals surface area contributed by atoms with Gasteiger partial charge in [-0.25, -0.2) is 0 Å². The van der Waals surface area contributed by atoms with Crippen LogP contribution in [0, 0.1) is 5.41 Å². The third-order valence-corrected chi connectivity index (χ3v) is 3.33. The summed E-state index contributed by atoms with van der Waals surface area (Å²) in [5.74, 6) is 0. The Hall–Kier alpha value is -0.120. The summed E-state index contributed by atoms with van der Waals surface area (Å²) < 4.78 is 5.39. The van der Waals surface area contributed by atoms with E-state index in [2.05, 4.69) is 25.7 Å². The number of nitrogens with zero attached hydrogens (tertiary/aromatic N) is 1. The Kier molecular flexibility index (Phi) is 4.35. The van der Waals surface area contributed by atoms with Gasteiger partial charge in [0.2, 0.25) is 0 Å². The monoisotopic (exact) mass is 201 g/mol. The Labute approximate surface area is 87.1 Å². The molecule has 3 heteroatoms. The first-order valence-corrected chi connectivity index (χ1v) is 5.54. The van der Waals surface area contributed by atoms with E-state index in [1.807, 2.05) is 0 Å². The molecule has 0 saturated carbocycles. The van der Waals surface area contributed by atoms with Gasteiger partial charge in [0.15, 0.2) is 0 Å². The van der Waals surface area contributed by atoms with E-state index in [1.165, 1.54) is 0 Å². The van der Waals surface area contributed by atoms with Crippen molar-refractivity contribution in [1.82, 2.24) is 4.90 Å². The Morgan fingerprint density at radius 1 is 1.57 bits per heavy atom. The largest absolute Gasteiger partial charge is 0.396 e. The zero-order valence-electron chi connectivity index (χ0n) is 9.62. The van der Waals surface area contributed by atoms with Crippen LogP contribution in [0.5, 0.6) is 0 Å². The van der Waals surface area contributed by atoms with Crippen LogP contribution in [0.25, 0.3) is 0 Å². The first-order valence-electron chi connectivity index (χ1n) is 5.54. The molecule has 1 heterocycles. The molecule has 0 aliphatic carbocycles. The summed E-state index contributed by atoms with van der Waals surface area (Å²) in [4.78, 5) is 2.42. The Morgan fingerprint density at radius 2 is 2.29 bits per heavy atom. The highest BCUT2D eigenvalue weighted by Gasteiger charge is 2.28. The number of rotatable bonds is 4. The van der Waals surface area contributed by atoms with Gasteiger partial charge < -0.3 is 9.84 Å². The molecule has 0 radical (unpaired) electrons. The van der Waals surface area contributed by atoms with E-state index < -0.39 is 0 Å². The lowest BCUT2D eigenvalue weighted by atomic mass is 9.87. The quantitative estimate of drug-likeness (QED) is 0.739. The minimum Gasteiger partial charge on any atom is -0.396 e. The molecule has 0 aromatic rings. The smallest absolute Gasteiger partial charge is 0.0619 e. The van der Waals surface area contributed by atoms with E-state index in [9.17, 15) is 5.11 Å². The van der Waals surface area contributed by atoms with Crippen LogP contribution in [0.15, 0.2) is 0 Å². The van der Waals surface area contributed by atoms with Gasteiger partial charge in [-0.2, -0.15) is 0 Å². The van der Waals surface area contributed by atoms with E-state index in [0.29, 0.717) is 6.04 Å². The van der Waals surface area contributed by atoms with Gasteiger partial charge in [0.1, 0.15) is 0 Å². The predicted molar refractivity (Wildman–Crippen MR) is 57.3 cm³/mol. The van der Waals surface area contributed by atoms with Crippen molar-refractivity contribution in [2.45, 2.75) is 33.2 Å². The average Bonchev–Trinajstić information content (AvgIpc) is 2.21. The van der Waals surface area contributed by atoms with Crippen molar-refractivity contribution in [2.24, 2.45) is 5.41 Å². The molecule has 0 amide bonds. The fourth-order valence-corrected chi connectivity index (χ4v) is 1.76. The maximum absolute atomic E-state index is 9.34. The van der Waals surface area contributed by atoms with Crippen molar-refractivity contribution in [1.29, 1.82) is 0 Å². The summed E-state index contributed by atoms with van der Waals surface area (Å²) in [6.45, 7) is 10.4. The summed E-state index contributed by atoms with van der Waals surface area (Å²) in [5.41, 5.74) is 0.0472. The van der Waals surface area contributed by atoms with Crippen LogP contribution >= 0.6 is 0 Å². The van der Waals surface area contributed by atoms with Gasteiger partial charge >= 0.3 is 0 Å². The third kappa shape index (κ3) is 2.94. The lowest BCUT2D eigenvalue weighted by Gasteiger charge is -2.39. The van der Waals surface area contributed by atoms with Crippen LogP contribution < -0.4 is 0 Å². The lowest BCUT2D eigenvalue weighted by molar-refractivity contribution is -0.0277. The topological polar surface area (TPSA) is 32.7 Å². The second-order valence-electron chi connectivity index (χ2n) is 4.72. The Balaban J connectivity index is 2.48. The minimum absolute atomic E-state index is 0.0472. The molecular weight excluding hydrogens is 178 g/mol. The molecule has 1 fully saturated rings. The van der Waals surface area contributed by atoms with Gasteiger partial charge in [-0.3, -0.25) is 4.90 Å². The van der Waals surface area contributed by atoms with Crippen molar-refractivity contribution in [3.63, 3.8) is 0 Å². The molecule has 84 valence electrons. The van der Waals surface area contributed by atoms with E-state index in [1.54, 1.807) is 0 Å². The summed E-state index contributed by atoms with van der Waals surface area (Å²) in [6.07, 6.45) is 1.02. The number of ether oxygens (including phenoxy) is 1. The molecule has 3 nitrogen and oxygen atoms in total. The van der Waals surface area contributed by atoms with Gasteiger partial charge in [-0.05, 0) is 13.3 Å². The lowest BCUT2D eigenvalue weighted by Crippen LogP contribution is -2.49. The fraction of sp³-hybridized carbons (Fsp3) is 1.00. The molecule has 14 heavy (non-hydrogen) atoms. The number of morpholine rings is 1. The van der Waals surface area contributed by atoms with Crippen LogP contribution in [0.2, 0.25) is 0 Å². The van der Waals surface area contributed by atoms with Crippen molar-refractivity contribution in [3.8, 4) is 0 Å². The van der Waals surface area contributed by atoms with Crippen molar-refractivity contribution >= 4 is 0 Å². The number of aliphatic hydroxyl groups excluding tert-OH is 1. The van der Waals surface area contributed by atoms with Crippen LogP contribution in [0.1, 0.15) is 27.2 Å². The molecule has 1 aliphatic heterocycles. The highest BCUT2D eigenvalue weighted by atomic mass is 16.5. The summed E-state index contributed by atoms with van der Waals surface area (Å²) in [6, 6.07) is 0.487. The van der Waals surface area contributed by atoms with Gasteiger partial charge in [0.05, 0.1) is 13.2 Å². The molecule has 0 spiro atoms. The van der Waals surface area contributed by atoms with E-state index in [0.717, 1.165) is 32.7 Å². The zero-order chi connectivity index (χ0) is 10.6. The zero-order valence-corrected chi connectivity index (χ0v) is 9.62. The van der Waals surface area contributed by atoms with Crippen molar-refractivity contribution in [2.75, 3.05) is 32.9 Å². The van der Waals surface area contributed by atoms with Gasteiger partial charge in [-0.1, -0.05) is 13.8 Å². The van der Waals surface area contributed by atoms with Crippen LogP contribution in [-0.4, -0.2) is 49.0 Å². The maximum Gasteiger partial charge on any atom is 0.0619 e. The molecular formula is C11H23NO2. The average molecular weight is 201 g/mol.